The molecule has 0 saturated heterocycles. The van der Waals surface area contributed by atoms with Gasteiger partial charge >= 0.3 is 5.97 Å². The summed E-state index contributed by atoms with van der Waals surface area (Å²) in [5, 5.41) is 11.9. The Kier molecular flexibility index (Phi) is 7.15. The Morgan fingerprint density at radius 1 is 1.30 bits per heavy atom. The zero-order chi connectivity index (χ0) is 15.0. The minimum absolute atomic E-state index is 0.121. The number of carboxylic acid groups (broad SMARTS) is 1. The largest absolute Gasteiger partial charge is 0.481 e. The van der Waals surface area contributed by atoms with Crippen LogP contribution in [-0.4, -0.2) is 28.1 Å². The number of carboxylic acids is 1. The Hall–Kier alpha value is -1.49. The topological polar surface area (TPSA) is 71.3 Å². The van der Waals surface area contributed by atoms with Crippen LogP contribution in [0, 0.1) is 0 Å². The van der Waals surface area contributed by atoms with Crippen molar-refractivity contribution in [3.63, 3.8) is 0 Å². The monoisotopic (exact) mass is 300 g/mol. The number of hydrogen-bond acceptors (Lipinski definition) is 2. The summed E-state index contributed by atoms with van der Waals surface area (Å²) in [6, 6.07) is 1.66. The molecule has 1 aromatic heterocycles. The first-order chi connectivity index (χ1) is 9.54. The van der Waals surface area contributed by atoms with Crippen LogP contribution in [0.3, 0.4) is 0 Å². The van der Waals surface area contributed by atoms with Crippen LogP contribution in [-0.2, 0) is 11.3 Å². The Morgan fingerprint density at radius 3 is 2.65 bits per heavy atom. The Morgan fingerprint density at radius 2 is 2.00 bits per heavy atom. The molecule has 0 unspecified atom stereocenters. The van der Waals surface area contributed by atoms with Gasteiger partial charge in [0.2, 0.25) is 0 Å². The van der Waals surface area contributed by atoms with Gasteiger partial charge in [0.25, 0.3) is 5.91 Å². The number of amides is 1. The molecule has 0 radical (unpaired) electrons. The fourth-order valence-corrected chi connectivity index (χ4v) is 2.20. The van der Waals surface area contributed by atoms with E-state index in [9.17, 15) is 9.59 Å². The van der Waals surface area contributed by atoms with Crippen molar-refractivity contribution in [2.75, 3.05) is 6.54 Å². The van der Waals surface area contributed by atoms with Crippen molar-refractivity contribution in [2.45, 2.75) is 45.6 Å². The van der Waals surface area contributed by atoms with Gasteiger partial charge in [-0.3, -0.25) is 9.59 Å². The van der Waals surface area contributed by atoms with E-state index in [0.29, 0.717) is 30.2 Å². The number of aliphatic carboxylic acids is 1. The van der Waals surface area contributed by atoms with Crippen molar-refractivity contribution >= 4 is 23.5 Å². The first-order valence-electron chi connectivity index (χ1n) is 6.90. The second kappa shape index (κ2) is 8.64. The Bertz CT molecular complexity index is 457. The number of halogens is 1. The number of carbonyl (C=O) groups excluding carboxylic acids is 1. The van der Waals surface area contributed by atoms with E-state index in [1.54, 1.807) is 12.3 Å². The van der Waals surface area contributed by atoms with Gasteiger partial charge in [-0.15, -0.1) is 0 Å². The number of aromatic nitrogens is 1. The van der Waals surface area contributed by atoms with E-state index in [1.807, 2.05) is 11.5 Å². The summed E-state index contributed by atoms with van der Waals surface area (Å²) in [6.07, 6.45) is 5.29. The van der Waals surface area contributed by atoms with Gasteiger partial charge in [-0.05, 0) is 25.8 Å². The van der Waals surface area contributed by atoms with E-state index in [4.69, 9.17) is 16.7 Å². The summed E-state index contributed by atoms with van der Waals surface area (Å²) in [6.45, 7) is 3.25. The molecular weight excluding hydrogens is 280 g/mol. The quantitative estimate of drug-likeness (QED) is 0.689. The number of aryl methyl sites for hydroxylation is 1. The molecule has 1 heterocycles. The molecule has 0 aliphatic carbocycles. The van der Waals surface area contributed by atoms with Crippen LogP contribution in [0.25, 0.3) is 0 Å². The maximum Gasteiger partial charge on any atom is 0.303 e. The van der Waals surface area contributed by atoms with Gasteiger partial charge in [-0.2, -0.15) is 0 Å². The molecule has 0 fully saturated rings. The van der Waals surface area contributed by atoms with Crippen LogP contribution in [0.15, 0.2) is 12.3 Å². The third-order valence-electron chi connectivity index (χ3n) is 3.04. The molecule has 20 heavy (non-hydrogen) atoms. The number of hydrogen-bond donors (Lipinski definition) is 2. The molecule has 1 aromatic rings. The molecule has 0 aliphatic rings. The van der Waals surface area contributed by atoms with E-state index in [-0.39, 0.29) is 12.3 Å². The Labute approximate surface area is 123 Å². The van der Waals surface area contributed by atoms with Crippen LogP contribution in [0.1, 0.15) is 49.5 Å². The van der Waals surface area contributed by atoms with Gasteiger partial charge in [-0.1, -0.05) is 24.4 Å². The second-order valence-electron chi connectivity index (χ2n) is 4.64. The molecule has 0 aromatic carbocycles. The van der Waals surface area contributed by atoms with Crippen molar-refractivity contribution < 1.29 is 14.7 Å². The fraction of sp³-hybridized carbons (Fsp3) is 0.571. The maximum atomic E-state index is 11.9. The molecule has 5 nitrogen and oxygen atoms in total. The third kappa shape index (κ3) is 5.65. The lowest BCUT2D eigenvalue weighted by Crippen LogP contribution is -2.26. The summed E-state index contributed by atoms with van der Waals surface area (Å²) in [5.41, 5.74) is 0.573. The SMILES string of the molecule is CCn1cc(Cl)cc1C(=O)NCCCCCCC(=O)O. The molecule has 1 rings (SSSR count). The molecule has 112 valence electrons. The zero-order valence-electron chi connectivity index (χ0n) is 11.7. The van der Waals surface area contributed by atoms with E-state index < -0.39 is 5.97 Å². The number of carbonyl (C=O) groups is 2. The summed E-state index contributed by atoms with van der Waals surface area (Å²) in [5.74, 6) is -0.875. The predicted molar refractivity (Wildman–Crippen MR) is 78.2 cm³/mol. The minimum atomic E-state index is -0.754. The average molecular weight is 301 g/mol. The predicted octanol–water partition coefficient (Wildman–Crippen LogP) is 2.93. The molecule has 2 N–H and O–H groups in total. The summed E-state index contributed by atoms with van der Waals surface area (Å²) in [7, 11) is 0. The molecule has 0 atom stereocenters. The summed E-state index contributed by atoms with van der Waals surface area (Å²) < 4.78 is 1.81. The number of unbranched alkanes of at least 4 members (excludes halogenated alkanes) is 3. The van der Waals surface area contributed by atoms with Gasteiger partial charge in [0.1, 0.15) is 5.69 Å². The normalized spacial score (nSPS) is 10.5. The van der Waals surface area contributed by atoms with Gasteiger partial charge in [0.05, 0.1) is 5.02 Å². The highest BCUT2D eigenvalue weighted by atomic mass is 35.5. The standard InChI is InChI=1S/C14H21ClN2O3/c1-2-17-10-11(15)9-12(17)14(20)16-8-6-4-3-5-7-13(18)19/h9-10H,2-8H2,1H3,(H,16,20)(H,18,19). The van der Waals surface area contributed by atoms with Crippen LogP contribution in [0.5, 0.6) is 0 Å². The van der Waals surface area contributed by atoms with Crippen LogP contribution >= 0.6 is 11.6 Å². The van der Waals surface area contributed by atoms with Gasteiger partial charge in [-0.25, -0.2) is 0 Å². The second-order valence-corrected chi connectivity index (χ2v) is 5.08. The van der Waals surface area contributed by atoms with Crippen molar-refractivity contribution in [2.24, 2.45) is 0 Å². The van der Waals surface area contributed by atoms with Crippen LogP contribution in [0.4, 0.5) is 0 Å². The highest BCUT2D eigenvalue weighted by molar-refractivity contribution is 6.31. The summed E-state index contributed by atoms with van der Waals surface area (Å²) >= 11 is 5.88. The number of rotatable bonds is 9. The van der Waals surface area contributed by atoms with Gasteiger partial charge < -0.3 is 15.0 Å². The molecule has 0 bridgehead atoms. The molecule has 0 saturated carbocycles. The van der Waals surface area contributed by atoms with E-state index in [0.717, 1.165) is 19.3 Å². The van der Waals surface area contributed by atoms with Crippen molar-refractivity contribution in [3.8, 4) is 0 Å². The van der Waals surface area contributed by atoms with Crippen molar-refractivity contribution in [3.05, 3.63) is 23.0 Å². The summed E-state index contributed by atoms with van der Waals surface area (Å²) in [4.78, 5) is 22.3. The minimum Gasteiger partial charge on any atom is -0.481 e. The molecule has 0 aliphatic heterocycles. The first-order valence-corrected chi connectivity index (χ1v) is 7.28. The Balaban J connectivity index is 2.21. The first kappa shape index (κ1) is 16.6. The van der Waals surface area contributed by atoms with E-state index >= 15 is 0 Å². The number of nitrogens with zero attached hydrogens (tertiary/aromatic N) is 1. The highest BCUT2D eigenvalue weighted by Crippen LogP contribution is 2.14. The zero-order valence-corrected chi connectivity index (χ0v) is 12.4. The maximum absolute atomic E-state index is 11.9. The third-order valence-corrected chi connectivity index (χ3v) is 3.25. The molecule has 0 spiro atoms. The van der Waals surface area contributed by atoms with E-state index in [1.165, 1.54) is 0 Å². The molecule has 6 heteroatoms. The van der Waals surface area contributed by atoms with Crippen LogP contribution < -0.4 is 5.32 Å². The van der Waals surface area contributed by atoms with Crippen molar-refractivity contribution in [1.82, 2.24) is 9.88 Å². The van der Waals surface area contributed by atoms with Gasteiger partial charge in [0, 0.05) is 25.7 Å². The average Bonchev–Trinajstić information content (AvgIpc) is 2.78. The highest BCUT2D eigenvalue weighted by Gasteiger charge is 2.11. The molecule has 1 amide bonds. The lowest BCUT2D eigenvalue weighted by molar-refractivity contribution is -0.137. The smallest absolute Gasteiger partial charge is 0.303 e. The number of nitrogens with one attached hydrogen (secondary N) is 1. The molecular formula is C14H21ClN2O3. The lowest BCUT2D eigenvalue weighted by Gasteiger charge is -2.07. The van der Waals surface area contributed by atoms with E-state index in [2.05, 4.69) is 5.32 Å². The lowest BCUT2D eigenvalue weighted by atomic mass is 10.1. The van der Waals surface area contributed by atoms with Gasteiger partial charge in [0.15, 0.2) is 0 Å². The van der Waals surface area contributed by atoms with Crippen LogP contribution in [0.2, 0.25) is 5.02 Å². The van der Waals surface area contributed by atoms with Crippen molar-refractivity contribution in [1.29, 1.82) is 0 Å². The fourth-order valence-electron chi connectivity index (χ4n) is 1.97.